The van der Waals surface area contributed by atoms with Crippen LogP contribution in [0.3, 0.4) is 0 Å². The Morgan fingerprint density at radius 2 is 2.14 bits per heavy atom. The maximum Gasteiger partial charge on any atom is 0.317 e. The lowest BCUT2D eigenvalue weighted by Gasteiger charge is -2.27. The summed E-state index contributed by atoms with van der Waals surface area (Å²) in [5.41, 5.74) is 1.01. The Morgan fingerprint density at radius 1 is 1.32 bits per heavy atom. The van der Waals surface area contributed by atoms with E-state index in [0.717, 1.165) is 37.1 Å². The number of urea groups is 1. The second-order valence-corrected chi connectivity index (χ2v) is 6.22. The molecule has 5 heteroatoms. The molecule has 1 aromatic rings. The highest BCUT2D eigenvalue weighted by atomic mass is 16.5. The van der Waals surface area contributed by atoms with Crippen molar-refractivity contribution in [2.24, 2.45) is 5.92 Å². The number of hydrogen-bond acceptors (Lipinski definition) is 3. The number of aliphatic hydroxyl groups excluding tert-OH is 1. The van der Waals surface area contributed by atoms with E-state index in [1.807, 2.05) is 24.3 Å². The van der Waals surface area contributed by atoms with Gasteiger partial charge in [0.05, 0.1) is 6.10 Å². The summed E-state index contributed by atoms with van der Waals surface area (Å²) in [6.45, 7) is 1.99. The Hall–Kier alpha value is -1.75. The molecule has 120 valence electrons. The number of carbonyl (C=O) groups is 1. The molecule has 2 fully saturated rings. The van der Waals surface area contributed by atoms with Gasteiger partial charge in [-0.1, -0.05) is 18.2 Å². The summed E-state index contributed by atoms with van der Waals surface area (Å²) in [6, 6.07) is 7.83. The van der Waals surface area contributed by atoms with Gasteiger partial charge in [-0.15, -0.1) is 0 Å². The molecule has 1 aliphatic carbocycles. The standard InChI is InChI=1S/C17H24N2O3/c20-12-13-8-9-19(11-13)17(21)18-10-14-4-1-2-7-16(14)22-15-5-3-6-15/h1-2,4,7,13,15,20H,3,5-6,8-12H2,(H,18,21). The van der Waals surface area contributed by atoms with Crippen molar-refractivity contribution in [2.75, 3.05) is 19.7 Å². The van der Waals surface area contributed by atoms with Gasteiger partial charge < -0.3 is 20.1 Å². The highest BCUT2D eigenvalue weighted by Crippen LogP contribution is 2.27. The molecular weight excluding hydrogens is 280 g/mol. The molecule has 0 spiro atoms. The van der Waals surface area contributed by atoms with Crippen LogP contribution in [-0.2, 0) is 6.54 Å². The van der Waals surface area contributed by atoms with Gasteiger partial charge in [0.1, 0.15) is 5.75 Å². The summed E-state index contributed by atoms with van der Waals surface area (Å²) in [6.07, 6.45) is 4.70. The monoisotopic (exact) mass is 304 g/mol. The van der Waals surface area contributed by atoms with Gasteiger partial charge in [-0.05, 0) is 31.7 Å². The van der Waals surface area contributed by atoms with Crippen LogP contribution in [0.5, 0.6) is 5.75 Å². The van der Waals surface area contributed by atoms with E-state index in [4.69, 9.17) is 9.84 Å². The lowest BCUT2D eigenvalue weighted by molar-refractivity contribution is 0.119. The first kappa shape index (κ1) is 15.2. The second-order valence-electron chi connectivity index (χ2n) is 6.22. The number of hydrogen-bond donors (Lipinski definition) is 2. The normalized spacial score (nSPS) is 21.5. The molecule has 1 atom stereocenters. The quantitative estimate of drug-likeness (QED) is 0.876. The van der Waals surface area contributed by atoms with Crippen LogP contribution in [0.4, 0.5) is 4.79 Å². The molecule has 2 amide bonds. The molecule has 0 bridgehead atoms. The van der Waals surface area contributed by atoms with Crippen LogP contribution in [-0.4, -0.2) is 41.8 Å². The minimum Gasteiger partial charge on any atom is -0.490 e. The van der Waals surface area contributed by atoms with Crippen LogP contribution in [0.15, 0.2) is 24.3 Å². The van der Waals surface area contributed by atoms with E-state index in [9.17, 15) is 4.79 Å². The third kappa shape index (κ3) is 3.53. The molecular formula is C17H24N2O3. The Bertz CT molecular complexity index is 516. The third-order valence-corrected chi connectivity index (χ3v) is 4.58. The Kier molecular flexibility index (Phi) is 4.83. The SMILES string of the molecule is O=C(NCc1ccccc1OC1CCC1)N1CCC(CO)C1. The predicted octanol–water partition coefficient (Wildman–Crippen LogP) is 2.14. The summed E-state index contributed by atoms with van der Waals surface area (Å²) >= 11 is 0. The first-order valence-electron chi connectivity index (χ1n) is 8.14. The molecule has 5 nitrogen and oxygen atoms in total. The molecule has 1 saturated heterocycles. The van der Waals surface area contributed by atoms with E-state index in [2.05, 4.69) is 5.32 Å². The summed E-state index contributed by atoms with van der Waals surface area (Å²) in [5.74, 6) is 1.10. The van der Waals surface area contributed by atoms with Gasteiger partial charge in [0.2, 0.25) is 0 Å². The van der Waals surface area contributed by atoms with E-state index in [0.29, 0.717) is 19.2 Å². The summed E-state index contributed by atoms with van der Waals surface area (Å²) in [7, 11) is 0. The first-order chi connectivity index (χ1) is 10.8. The average molecular weight is 304 g/mol. The fourth-order valence-electron chi connectivity index (χ4n) is 2.88. The molecule has 2 N–H and O–H groups in total. The number of likely N-dealkylation sites (tertiary alicyclic amines) is 1. The Balaban J connectivity index is 1.53. The van der Waals surface area contributed by atoms with Gasteiger partial charge in [0, 0.05) is 37.7 Å². The Morgan fingerprint density at radius 3 is 2.82 bits per heavy atom. The molecule has 1 saturated carbocycles. The topological polar surface area (TPSA) is 61.8 Å². The number of aliphatic hydroxyl groups is 1. The highest BCUT2D eigenvalue weighted by Gasteiger charge is 2.25. The molecule has 1 aliphatic heterocycles. The molecule has 3 rings (SSSR count). The lowest BCUT2D eigenvalue weighted by atomic mass is 9.96. The number of nitrogens with one attached hydrogen (secondary N) is 1. The molecule has 1 aromatic carbocycles. The van der Waals surface area contributed by atoms with Crippen LogP contribution in [0, 0.1) is 5.92 Å². The second kappa shape index (κ2) is 7.01. The maximum atomic E-state index is 12.2. The van der Waals surface area contributed by atoms with Crippen molar-refractivity contribution in [3.8, 4) is 5.75 Å². The average Bonchev–Trinajstić information content (AvgIpc) is 2.98. The minimum atomic E-state index is -0.0607. The smallest absolute Gasteiger partial charge is 0.317 e. The van der Waals surface area contributed by atoms with Gasteiger partial charge in [0.25, 0.3) is 0 Å². The van der Waals surface area contributed by atoms with Crippen molar-refractivity contribution in [1.29, 1.82) is 0 Å². The van der Waals surface area contributed by atoms with Crippen molar-refractivity contribution >= 4 is 6.03 Å². The maximum absolute atomic E-state index is 12.2. The van der Waals surface area contributed by atoms with Gasteiger partial charge in [0.15, 0.2) is 0 Å². The van der Waals surface area contributed by atoms with Crippen molar-refractivity contribution in [1.82, 2.24) is 10.2 Å². The van der Waals surface area contributed by atoms with Crippen molar-refractivity contribution in [3.63, 3.8) is 0 Å². The number of rotatable bonds is 5. The summed E-state index contributed by atoms with van der Waals surface area (Å²) in [5, 5.41) is 12.1. The molecule has 1 heterocycles. The zero-order valence-corrected chi connectivity index (χ0v) is 12.8. The lowest BCUT2D eigenvalue weighted by Crippen LogP contribution is -2.38. The fourth-order valence-corrected chi connectivity index (χ4v) is 2.88. The summed E-state index contributed by atoms with van der Waals surface area (Å²) < 4.78 is 5.98. The number of carbonyl (C=O) groups excluding carboxylic acids is 1. The summed E-state index contributed by atoms with van der Waals surface area (Å²) in [4.78, 5) is 13.9. The van der Waals surface area contributed by atoms with E-state index in [1.54, 1.807) is 4.90 Å². The number of benzene rings is 1. The van der Waals surface area contributed by atoms with Crippen LogP contribution < -0.4 is 10.1 Å². The van der Waals surface area contributed by atoms with Crippen LogP contribution in [0.25, 0.3) is 0 Å². The highest BCUT2D eigenvalue weighted by molar-refractivity contribution is 5.74. The first-order valence-corrected chi connectivity index (χ1v) is 8.14. The Labute approximate surface area is 131 Å². The van der Waals surface area contributed by atoms with Gasteiger partial charge in [-0.2, -0.15) is 0 Å². The predicted molar refractivity (Wildman–Crippen MR) is 83.7 cm³/mol. The molecule has 22 heavy (non-hydrogen) atoms. The molecule has 0 radical (unpaired) electrons. The largest absolute Gasteiger partial charge is 0.490 e. The van der Waals surface area contributed by atoms with Crippen LogP contribution >= 0.6 is 0 Å². The van der Waals surface area contributed by atoms with Crippen LogP contribution in [0.2, 0.25) is 0 Å². The third-order valence-electron chi connectivity index (χ3n) is 4.58. The fraction of sp³-hybridized carbons (Fsp3) is 0.588. The van der Waals surface area contributed by atoms with Crippen molar-refractivity contribution in [3.05, 3.63) is 29.8 Å². The van der Waals surface area contributed by atoms with Crippen molar-refractivity contribution in [2.45, 2.75) is 38.3 Å². The number of ether oxygens (including phenoxy) is 1. The number of nitrogens with zero attached hydrogens (tertiary/aromatic N) is 1. The van der Waals surface area contributed by atoms with Crippen molar-refractivity contribution < 1.29 is 14.6 Å². The minimum absolute atomic E-state index is 0.0607. The van der Waals surface area contributed by atoms with E-state index < -0.39 is 0 Å². The number of para-hydroxylation sites is 1. The molecule has 1 unspecified atom stereocenters. The van der Waals surface area contributed by atoms with E-state index in [1.165, 1.54) is 6.42 Å². The van der Waals surface area contributed by atoms with Gasteiger partial charge in [-0.25, -0.2) is 4.79 Å². The molecule has 2 aliphatic rings. The van der Waals surface area contributed by atoms with Gasteiger partial charge >= 0.3 is 6.03 Å². The van der Waals surface area contributed by atoms with E-state index >= 15 is 0 Å². The van der Waals surface area contributed by atoms with E-state index in [-0.39, 0.29) is 18.6 Å². The van der Waals surface area contributed by atoms with Crippen LogP contribution in [0.1, 0.15) is 31.2 Å². The zero-order valence-electron chi connectivity index (χ0n) is 12.8. The molecule has 0 aromatic heterocycles. The van der Waals surface area contributed by atoms with Gasteiger partial charge in [-0.3, -0.25) is 0 Å². The zero-order chi connectivity index (χ0) is 15.4. The number of amides is 2.